The molecule has 2 heterocycles. The lowest BCUT2D eigenvalue weighted by molar-refractivity contribution is 0.657. The van der Waals surface area contributed by atoms with Crippen molar-refractivity contribution in [2.75, 3.05) is 0 Å². The number of fused-ring (bicyclic) bond motifs is 5. The first-order valence-corrected chi connectivity index (χ1v) is 13.5. The van der Waals surface area contributed by atoms with Crippen LogP contribution in [0.4, 0.5) is 0 Å². The van der Waals surface area contributed by atoms with E-state index >= 15 is 0 Å². The standard InChI is InChI=1S/C32H23NS2/c1-32(2)25-15-14-22(20-10-12-21(13-11-20)27-7-5-6-16-33-27)17-23(25)24-18-30-31(19-26(24)32)35-29-9-4-3-8-28(29)34-30/h3-19H,1-2H3. The normalized spacial score (nSPS) is 14.6. The van der Waals surface area contributed by atoms with Crippen LogP contribution in [0.25, 0.3) is 33.5 Å². The quantitative estimate of drug-likeness (QED) is 0.242. The van der Waals surface area contributed by atoms with Gasteiger partial charge in [0.15, 0.2) is 0 Å². The van der Waals surface area contributed by atoms with Gasteiger partial charge in [0.1, 0.15) is 0 Å². The predicted molar refractivity (Wildman–Crippen MR) is 147 cm³/mol. The van der Waals surface area contributed by atoms with Gasteiger partial charge in [-0.3, -0.25) is 4.98 Å². The van der Waals surface area contributed by atoms with E-state index in [-0.39, 0.29) is 5.41 Å². The van der Waals surface area contributed by atoms with E-state index in [1.165, 1.54) is 53.0 Å². The van der Waals surface area contributed by atoms with E-state index in [0.717, 1.165) is 11.3 Å². The Labute approximate surface area is 214 Å². The fraction of sp³-hybridized carbons (Fsp3) is 0.0938. The summed E-state index contributed by atoms with van der Waals surface area (Å²) in [5.41, 5.74) is 10.2. The molecule has 1 aliphatic heterocycles. The second-order valence-corrected chi connectivity index (χ2v) is 11.8. The van der Waals surface area contributed by atoms with Crippen molar-refractivity contribution >= 4 is 23.5 Å². The van der Waals surface area contributed by atoms with Crippen LogP contribution in [0.1, 0.15) is 25.0 Å². The Morgan fingerprint density at radius 1 is 0.543 bits per heavy atom. The van der Waals surface area contributed by atoms with E-state index in [4.69, 9.17) is 0 Å². The first-order chi connectivity index (χ1) is 17.1. The van der Waals surface area contributed by atoms with Crippen molar-refractivity contribution in [2.45, 2.75) is 38.8 Å². The molecule has 4 aromatic carbocycles. The molecule has 1 aromatic heterocycles. The molecule has 0 atom stereocenters. The lowest BCUT2D eigenvalue weighted by Gasteiger charge is -2.24. The van der Waals surface area contributed by atoms with Gasteiger partial charge in [-0.2, -0.15) is 0 Å². The van der Waals surface area contributed by atoms with E-state index in [1.54, 1.807) is 0 Å². The Bertz CT molecular complexity index is 1600. The maximum atomic E-state index is 4.49. The zero-order valence-corrected chi connectivity index (χ0v) is 21.2. The van der Waals surface area contributed by atoms with E-state index < -0.39 is 0 Å². The van der Waals surface area contributed by atoms with Gasteiger partial charge in [0.05, 0.1) is 5.69 Å². The van der Waals surface area contributed by atoms with Crippen molar-refractivity contribution in [2.24, 2.45) is 0 Å². The SMILES string of the molecule is CC1(C)c2ccc(-c3ccc(-c4ccccn4)cc3)cc2-c2cc3c(cc21)Sc1ccccc1S3. The van der Waals surface area contributed by atoms with Crippen LogP contribution in [-0.4, -0.2) is 4.98 Å². The van der Waals surface area contributed by atoms with Crippen LogP contribution in [0.3, 0.4) is 0 Å². The van der Waals surface area contributed by atoms with Crippen LogP contribution in [-0.2, 0) is 5.41 Å². The molecular formula is C32H23NS2. The second-order valence-electron chi connectivity index (χ2n) is 9.67. The predicted octanol–water partition coefficient (Wildman–Crippen LogP) is 9.34. The summed E-state index contributed by atoms with van der Waals surface area (Å²) in [4.78, 5) is 9.93. The molecule has 7 rings (SSSR count). The largest absolute Gasteiger partial charge is 0.256 e. The number of aromatic nitrogens is 1. The Hall–Kier alpha value is -3.27. The fourth-order valence-electron chi connectivity index (χ4n) is 5.32. The average Bonchev–Trinajstić information content (AvgIpc) is 3.12. The molecule has 0 bridgehead atoms. The minimum Gasteiger partial charge on any atom is -0.256 e. The van der Waals surface area contributed by atoms with Gasteiger partial charge in [-0.25, -0.2) is 0 Å². The van der Waals surface area contributed by atoms with E-state index in [0.29, 0.717) is 0 Å². The van der Waals surface area contributed by atoms with Crippen LogP contribution in [0.15, 0.2) is 123 Å². The van der Waals surface area contributed by atoms with Crippen molar-refractivity contribution < 1.29 is 0 Å². The fourth-order valence-corrected chi connectivity index (χ4v) is 7.60. The monoisotopic (exact) mass is 485 g/mol. The highest BCUT2D eigenvalue weighted by molar-refractivity contribution is 8.05. The summed E-state index contributed by atoms with van der Waals surface area (Å²) in [5, 5.41) is 0. The minimum atomic E-state index is -0.0107. The average molecular weight is 486 g/mol. The van der Waals surface area contributed by atoms with Crippen LogP contribution in [0.2, 0.25) is 0 Å². The van der Waals surface area contributed by atoms with Crippen molar-refractivity contribution in [1.82, 2.24) is 4.98 Å². The van der Waals surface area contributed by atoms with Gasteiger partial charge in [0.2, 0.25) is 0 Å². The zero-order valence-electron chi connectivity index (χ0n) is 19.6. The maximum absolute atomic E-state index is 4.49. The molecule has 35 heavy (non-hydrogen) atoms. The molecule has 0 fully saturated rings. The molecule has 5 aromatic rings. The molecule has 0 unspecified atom stereocenters. The molecule has 1 aliphatic carbocycles. The molecule has 1 nitrogen and oxygen atoms in total. The van der Waals surface area contributed by atoms with Gasteiger partial charge in [-0.1, -0.05) is 92.0 Å². The summed E-state index contributed by atoms with van der Waals surface area (Å²) in [7, 11) is 0. The van der Waals surface area contributed by atoms with E-state index in [9.17, 15) is 0 Å². The summed E-state index contributed by atoms with van der Waals surface area (Å²) < 4.78 is 0. The molecule has 0 spiro atoms. The minimum absolute atomic E-state index is 0.0107. The van der Waals surface area contributed by atoms with Crippen LogP contribution < -0.4 is 0 Å². The number of hydrogen-bond acceptors (Lipinski definition) is 3. The number of nitrogens with zero attached hydrogens (tertiary/aromatic N) is 1. The van der Waals surface area contributed by atoms with Gasteiger partial charge >= 0.3 is 0 Å². The lowest BCUT2D eigenvalue weighted by Crippen LogP contribution is -2.15. The Morgan fingerprint density at radius 3 is 1.89 bits per heavy atom. The van der Waals surface area contributed by atoms with Gasteiger partial charge in [0, 0.05) is 36.8 Å². The van der Waals surface area contributed by atoms with Crippen molar-refractivity contribution in [3.63, 3.8) is 0 Å². The third-order valence-electron chi connectivity index (χ3n) is 7.21. The zero-order chi connectivity index (χ0) is 23.6. The molecule has 0 saturated heterocycles. The summed E-state index contributed by atoms with van der Waals surface area (Å²) in [5.74, 6) is 0. The van der Waals surface area contributed by atoms with Crippen molar-refractivity contribution in [1.29, 1.82) is 0 Å². The molecule has 168 valence electrons. The molecule has 0 radical (unpaired) electrons. The Morgan fingerprint density at radius 2 is 1.17 bits per heavy atom. The number of benzene rings is 4. The van der Waals surface area contributed by atoms with Gasteiger partial charge in [0.25, 0.3) is 0 Å². The van der Waals surface area contributed by atoms with Crippen LogP contribution in [0.5, 0.6) is 0 Å². The summed E-state index contributed by atoms with van der Waals surface area (Å²) in [6.07, 6.45) is 1.84. The summed E-state index contributed by atoms with van der Waals surface area (Å²) in [6, 6.07) is 35.4. The topological polar surface area (TPSA) is 12.9 Å². The molecule has 0 saturated carbocycles. The highest BCUT2D eigenvalue weighted by atomic mass is 32.2. The van der Waals surface area contributed by atoms with Crippen LogP contribution >= 0.6 is 23.5 Å². The number of hydrogen-bond donors (Lipinski definition) is 0. The highest BCUT2D eigenvalue weighted by Crippen LogP contribution is 2.56. The number of rotatable bonds is 2. The molecule has 3 heteroatoms. The van der Waals surface area contributed by atoms with E-state index in [1.807, 2.05) is 41.9 Å². The van der Waals surface area contributed by atoms with Crippen LogP contribution in [0, 0.1) is 0 Å². The van der Waals surface area contributed by atoms with E-state index in [2.05, 4.69) is 104 Å². The lowest BCUT2D eigenvalue weighted by atomic mass is 9.82. The third-order valence-corrected chi connectivity index (χ3v) is 9.73. The first-order valence-electron chi connectivity index (χ1n) is 11.9. The van der Waals surface area contributed by atoms with Crippen molar-refractivity contribution in [3.8, 4) is 33.5 Å². The Kier molecular flexibility index (Phi) is 4.74. The molecular weight excluding hydrogens is 462 g/mol. The summed E-state index contributed by atoms with van der Waals surface area (Å²) >= 11 is 3.80. The first kappa shape index (κ1) is 21.0. The van der Waals surface area contributed by atoms with Gasteiger partial charge in [-0.05, 0) is 75.8 Å². The maximum Gasteiger partial charge on any atom is 0.0701 e. The van der Waals surface area contributed by atoms with Gasteiger partial charge < -0.3 is 0 Å². The Balaban J connectivity index is 1.30. The highest BCUT2D eigenvalue weighted by Gasteiger charge is 2.37. The third kappa shape index (κ3) is 3.37. The number of pyridine rings is 1. The molecule has 0 amide bonds. The molecule has 0 N–H and O–H groups in total. The van der Waals surface area contributed by atoms with Crippen molar-refractivity contribution in [3.05, 3.63) is 114 Å². The smallest absolute Gasteiger partial charge is 0.0701 e. The van der Waals surface area contributed by atoms with Gasteiger partial charge in [-0.15, -0.1) is 0 Å². The molecule has 2 aliphatic rings. The second kappa shape index (κ2) is 7.87. The summed E-state index contributed by atoms with van der Waals surface area (Å²) in [6.45, 7) is 4.72.